The standard InChI is InChI=1S/C13H17NO4/c1-13(8-14(2)12(15)18-13)10-6-5-9(16-3)7-11(10)17-4/h5-7H,8H2,1-4H3. The highest BCUT2D eigenvalue weighted by Crippen LogP contribution is 2.39. The highest BCUT2D eigenvalue weighted by molar-refractivity contribution is 5.71. The van der Waals surface area contributed by atoms with Gasteiger partial charge in [0, 0.05) is 18.7 Å². The minimum Gasteiger partial charge on any atom is -0.497 e. The summed E-state index contributed by atoms with van der Waals surface area (Å²) in [5.74, 6) is 1.36. The molecule has 1 aliphatic heterocycles. The average Bonchev–Trinajstić information content (AvgIpc) is 2.63. The van der Waals surface area contributed by atoms with Crippen molar-refractivity contribution in [3.05, 3.63) is 23.8 Å². The Hall–Kier alpha value is -1.91. The van der Waals surface area contributed by atoms with Crippen molar-refractivity contribution in [2.75, 3.05) is 27.8 Å². The number of benzene rings is 1. The molecule has 1 fully saturated rings. The molecule has 1 aliphatic rings. The summed E-state index contributed by atoms with van der Waals surface area (Å²) in [4.78, 5) is 13.1. The van der Waals surface area contributed by atoms with Crippen molar-refractivity contribution in [1.82, 2.24) is 4.90 Å². The van der Waals surface area contributed by atoms with E-state index in [2.05, 4.69) is 0 Å². The molecule has 0 aromatic heterocycles. The molecule has 1 aromatic rings. The zero-order valence-corrected chi connectivity index (χ0v) is 11.0. The molecule has 5 heteroatoms. The fourth-order valence-corrected chi connectivity index (χ4v) is 2.20. The Morgan fingerprint density at radius 2 is 2.06 bits per heavy atom. The van der Waals surface area contributed by atoms with E-state index in [-0.39, 0.29) is 6.09 Å². The van der Waals surface area contributed by atoms with Gasteiger partial charge in [-0.3, -0.25) is 0 Å². The van der Waals surface area contributed by atoms with E-state index in [1.54, 1.807) is 32.2 Å². The summed E-state index contributed by atoms with van der Waals surface area (Å²) in [5, 5.41) is 0. The van der Waals surface area contributed by atoms with Crippen LogP contribution in [0.2, 0.25) is 0 Å². The van der Waals surface area contributed by atoms with Crippen LogP contribution in [0.25, 0.3) is 0 Å². The van der Waals surface area contributed by atoms with Crippen LogP contribution in [0, 0.1) is 0 Å². The van der Waals surface area contributed by atoms with Crippen LogP contribution in [-0.2, 0) is 10.3 Å². The fourth-order valence-electron chi connectivity index (χ4n) is 2.20. The monoisotopic (exact) mass is 251 g/mol. The first-order valence-corrected chi connectivity index (χ1v) is 5.67. The van der Waals surface area contributed by atoms with Crippen molar-refractivity contribution < 1.29 is 19.0 Å². The summed E-state index contributed by atoms with van der Waals surface area (Å²) in [6, 6.07) is 5.48. The van der Waals surface area contributed by atoms with Gasteiger partial charge < -0.3 is 19.1 Å². The van der Waals surface area contributed by atoms with E-state index in [0.717, 1.165) is 5.56 Å². The summed E-state index contributed by atoms with van der Waals surface area (Å²) in [6.07, 6.45) is -0.324. The van der Waals surface area contributed by atoms with Gasteiger partial charge in [0.05, 0.1) is 20.8 Å². The van der Waals surface area contributed by atoms with Gasteiger partial charge in [0.15, 0.2) is 5.60 Å². The smallest absolute Gasteiger partial charge is 0.410 e. The summed E-state index contributed by atoms with van der Waals surface area (Å²) < 4.78 is 15.9. The minimum atomic E-state index is -0.691. The van der Waals surface area contributed by atoms with Gasteiger partial charge in [0.2, 0.25) is 0 Å². The summed E-state index contributed by atoms with van der Waals surface area (Å²) in [6.45, 7) is 2.37. The van der Waals surface area contributed by atoms with Crippen molar-refractivity contribution in [3.63, 3.8) is 0 Å². The summed E-state index contributed by atoms with van der Waals surface area (Å²) in [7, 11) is 4.89. The van der Waals surface area contributed by atoms with Crippen LogP contribution < -0.4 is 9.47 Å². The highest BCUT2D eigenvalue weighted by atomic mass is 16.6. The molecule has 0 N–H and O–H groups in total. The average molecular weight is 251 g/mol. The van der Waals surface area contributed by atoms with E-state index in [4.69, 9.17) is 14.2 Å². The van der Waals surface area contributed by atoms with Crippen LogP contribution in [-0.4, -0.2) is 38.8 Å². The SMILES string of the molecule is COc1ccc(C2(C)CN(C)C(=O)O2)c(OC)c1. The molecule has 1 amide bonds. The topological polar surface area (TPSA) is 48.0 Å². The molecule has 0 spiro atoms. The molecule has 5 nitrogen and oxygen atoms in total. The normalized spacial score (nSPS) is 22.9. The third kappa shape index (κ3) is 1.96. The van der Waals surface area contributed by atoms with Crippen molar-refractivity contribution in [2.45, 2.75) is 12.5 Å². The Kier molecular flexibility index (Phi) is 3.07. The van der Waals surface area contributed by atoms with Crippen molar-refractivity contribution in [3.8, 4) is 11.5 Å². The van der Waals surface area contributed by atoms with E-state index in [9.17, 15) is 4.79 Å². The maximum absolute atomic E-state index is 11.5. The number of amides is 1. The lowest BCUT2D eigenvalue weighted by atomic mass is 9.95. The first-order valence-electron chi connectivity index (χ1n) is 5.67. The van der Waals surface area contributed by atoms with Crippen molar-refractivity contribution in [1.29, 1.82) is 0 Å². The molecule has 0 saturated carbocycles. The van der Waals surface area contributed by atoms with Crippen molar-refractivity contribution >= 4 is 6.09 Å². The van der Waals surface area contributed by atoms with Gasteiger partial charge in [-0.15, -0.1) is 0 Å². The van der Waals surface area contributed by atoms with E-state index in [1.807, 2.05) is 19.1 Å². The van der Waals surface area contributed by atoms with Gasteiger partial charge in [-0.1, -0.05) is 0 Å². The molecular weight excluding hydrogens is 234 g/mol. The summed E-state index contributed by atoms with van der Waals surface area (Å²) in [5.41, 5.74) is 0.146. The molecule has 0 radical (unpaired) electrons. The third-order valence-electron chi connectivity index (χ3n) is 3.14. The number of methoxy groups -OCH3 is 2. The zero-order valence-electron chi connectivity index (χ0n) is 11.0. The lowest BCUT2D eigenvalue weighted by Gasteiger charge is -2.24. The maximum atomic E-state index is 11.5. The van der Waals surface area contributed by atoms with Crippen LogP contribution in [0.5, 0.6) is 11.5 Å². The molecule has 98 valence electrons. The molecule has 0 aliphatic carbocycles. The van der Waals surface area contributed by atoms with E-state index in [0.29, 0.717) is 18.0 Å². The molecule has 2 rings (SSSR count). The van der Waals surface area contributed by atoms with Gasteiger partial charge in [-0.25, -0.2) is 4.79 Å². The molecule has 18 heavy (non-hydrogen) atoms. The Bertz CT molecular complexity index is 474. The minimum absolute atomic E-state index is 0.324. The van der Waals surface area contributed by atoms with Crippen molar-refractivity contribution in [2.24, 2.45) is 0 Å². The number of cyclic esters (lactones) is 1. The first kappa shape index (κ1) is 12.5. The molecule has 1 unspecified atom stereocenters. The number of carbonyl (C=O) groups is 1. The molecule has 1 aromatic carbocycles. The lowest BCUT2D eigenvalue weighted by Crippen LogP contribution is -2.27. The zero-order chi connectivity index (χ0) is 13.3. The first-order chi connectivity index (χ1) is 8.50. The van der Waals surface area contributed by atoms with Gasteiger partial charge in [-0.05, 0) is 19.1 Å². The summed E-state index contributed by atoms with van der Waals surface area (Å²) >= 11 is 0. The Morgan fingerprint density at radius 3 is 2.56 bits per heavy atom. The quantitative estimate of drug-likeness (QED) is 0.824. The number of carbonyl (C=O) groups excluding carboxylic acids is 1. The van der Waals surface area contributed by atoms with Gasteiger partial charge in [-0.2, -0.15) is 0 Å². The van der Waals surface area contributed by atoms with Gasteiger partial charge >= 0.3 is 6.09 Å². The number of rotatable bonds is 3. The molecule has 0 bridgehead atoms. The van der Waals surface area contributed by atoms with E-state index >= 15 is 0 Å². The predicted octanol–water partition coefficient (Wildman–Crippen LogP) is 2.00. The van der Waals surface area contributed by atoms with E-state index in [1.165, 1.54) is 0 Å². The third-order valence-corrected chi connectivity index (χ3v) is 3.14. The second-order valence-corrected chi connectivity index (χ2v) is 4.52. The Balaban J connectivity index is 2.42. The van der Waals surface area contributed by atoms with Crippen LogP contribution in [0.4, 0.5) is 4.79 Å². The molecule has 1 heterocycles. The van der Waals surface area contributed by atoms with Crippen LogP contribution in [0.1, 0.15) is 12.5 Å². The number of hydrogen-bond acceptors (Lipinski definition) is 4. The second kappa shape index (κ2) is 4.40. The molecule has 1 saturated heterocycles. The predicted molar refractivity (Wildman–Crippen MR) is 66.0 cm³/mol. The Labute approximate surface area is 106 Å². The van der Waals surface area contributed by atoms with Gasteiger partial charge in [0.1, 0.15) is 11.5 Å². The second-order valence-electron chi connectivity index (χ2n) is 4.52. The van der Waals surface area contributed by atoms with Crippen LogP contribution >= 0.6 is 0 Å². The number of likely N-dealkylation sites (N-methyl/N-ethyl adjacent to an activating group) is 1. The van der Waals surface area contributed by atoms with Gasteiger partial charge in [0.25, 0.3) is 0 Å². The highest BCUT2D eigenvalue weighted by Gasteiger charge is 2.42. The molecular formula is C13H17NO4. The maximum Gasteiger partial charge on any atom is 0.410 e. The van der Waals surface area contributed by atoms with Crippen LogP contribution in [0.3, 0.4) is 0 Å². The van der Waals surface area contributed by atoms with Crippen LogP contribution in [0.15, 0.2) is 18.2 Å². The number of hydrogen-bond donors (Lipinski definition) is 0. The largest absolute Gasteiger partial charge is 0.497 e. The number of ether oxygens (including phenoxy) is 3. The lowest BCUT2D eigenvalue weighted by molar-refractivity contribution is 0.0680. The Morgan fingerprint density at radius 1 is 1.33 bits per heavy atom. The van der Waals surface area contributed by atoms with E-state index < -0.39 is 5.60 Å². The number of nitrogens with zero attached hydrogens (tertiary/aromatic N) is 1. The fraction of sp³-hybridized carbons (Fsp3) is 0.462. The molecule has 1 atom stereocenters.